The van der Waals surface area contributed by atoms with Gasteiger partial charge in [0.25, 0.3) is 5.91 Å². The van der Waals surface area contributed by atoms with Crippen molar-refractivity contribution in [2.45, 2.75) is 32.0 Å². The predicted molar refractivity (Wildman–Crippen MR) is 107 cm³/mol. The Balaban J connectivity index is 1.95. The maximum Gasteiger partial charge on any atom is 0.416 e. The average molecular weight is 440 g/mol. The first-order valence-electron chi connectivity index (χ1n) is 9.14. The molecule has 0 spiro atoms. The summed E-state index contributed by atoms with van der Waals surface area (Å²) in [6.45, 7) is 1.75. The minimum absolute atomic E-state index is 0.0796. The van der Waals surface area contributed by atoms with Gasteiger partial charge in [-0.15, -0.1) is 6.42 Å². The lowest BCUT2D eigenvalue weighted by Crippen LogP contribution is -2.46. The van der Waals surface area contributed by atoms with Crippen molar-refractivity contribution in [3.05, 3.63) is 52.4 Å². The molecule has 1 aromatic carbocycles. The molecule has 1 saturated heterocycles. The van der Waals surface area contributed by atoms with Crippen LogP contribution in [0.1, 0.15) is 24.1 Å². The number of halogens is 5. The fraction of sp³-hybridized carbons (Fsp3) is 0.333. The van der Waals surface area contributed by atoms with Crippen molar-refractivity contribution in [2.75, 3.05) is 22.9 Å². The first-order valence-corrected chi connectivity index (χ1v) is 9.52. The summed E-state index contributed by atoms with van der Waals surface area (Å²) in [5, 5.41) is -0.166. The number of hydrogen-bond donors (Lipinski definition) is 0. The molecule has 0 N–H and O–H groups in total. The summed E-state index contributed by atoms with van der Waals surface area (Å²) in [7, 11) is 0. The van der Waals surface area contributed by atoms with Crippen molar-refractivity contribution in [3.63, 3.8) is 0 Å². The number of amides is 1. The Hall–Kier alpha value is -2.79. The maximum absolute atomic E-state index is 13.5. The van der Waals surface area contributed by atoms with Crippen LogP contribution in [0.15, 0.2) is 30.3 Å². The van der Waals surface area contributed by atoms with Gasteiger partial charge in [-0.05, 0) is 50.1 Å². The minimum Gasteiger partial charge on any atom is -0.345 e. The average Bonchev–Trinajstić information content (AvgIpc) is 3.16. The number of carbonyl (C=O) groups excluding carboxylic acids is 1. The monoisotopic (exact) mass is 439 g/mol. The minimum atomic E-state index is -4.53. The van der Waals surface area contributed by atoms with Crippen LogP contribution in [-0.2, 0) is 11.0 Å². The molecule has 0 aliphatic carbocycles. The van der Waals surface area contributed by atoms with Gasteiger partial charge >= 0.3 is 6.18 Å². The molecule has 0 saturated carbocycles. The Morgan fingerprint density at radius 1 is 1.37 bits per heavy atom. The third kappa shape index (κ3) is 4.51. The molecule has 2 heterocycles. The number of nitrogens with zero attached hydrogens (tertiary/aromatic N) is 3. The molecule has 1 aliphatic rings. The number of pyridine rings is 1. The Bertz CT molecular complexity index is 1000. The molecule has 3 rings (SSSR count). The van der Waals surface area contributed by atoms with Gasteiger partial charge in [0.15, 0.2) is 0 Å². The zero-order chi connectivity index (χ0) is 22.1. The molecule has 1 atom stereocenters. The Labute approximate surface area is 176 Å². The van der Waals surface area contributed by atoms with Crippen molar-refractivity contribution in [3.8, 4) is 12.3 Å². The Kier molecular flexibility index (Phi) is 6.22. The van der Waals surface area contributed by atoms with Gasteiger partial charge in [0.1, 0.15) is 17.7 Å². The molecular weight excluding hydrogens is 422 g/mol. The summed E-state index contributed by atoms with van der Waals surface area (Å²) in [6.07, 6.45) is 1.90. The first-order chi connectivity index (χ1) is 14.1. The summed E-state index contributed by atoms with van der Waals surface area (Å²) < 4.78 is 53.2. The van der Waals surface area contributed by atoms with E-state index in [4.69, 9.17) is 18.0 Å². The van der Waals surface area contributed by atoms with Crippen molar-refractivity contribution in [1.29, 1.82) is 0 Å². The number of rotatable bonds is 4. The van der Waals surface area contributed by atoms with Crippen molar-refractivity contribution in [2.24, 2.45) is 0 Å². The summed E-state index contributed by atoms with van der Waals surface area (Å²) in [4.78, 5) is 20.3. The first kappa shape index (κ1) is 21.9. The molecule has 158 valence electrons. The number of carbonyl (C=O) groups is 1. The number of benzene rings is 1. The van der Waals surface area contributed by atoms with Crippen molar-refractivity contribution < 1.29 is 22.4 Å². The second-order valence-corrected chi connectivity index (χ2v) is 7.34. The van der Waals surface area contributed by atoms with Crippen molar-refractivity contribution in [1.82, 2.24) is 4.98 Å². The van der Waals surface area contributed by atoms with Gasteiger partial charge < -0.3 is 4.90 Å². The number of alkyl halides is 3. The third-order valence-electron chi connectivity index (χ3n) is 4.83. The highest BCUT2D eigenvalue weighted by Gasteiger charge is 2.37. The molecule has 0 unspecified atom stereocenters. The summed E-state index contributed by atoms with van der Waals surface area (Å²) in [6, 6.07) is 4.94. The highest BCUT2D eigenvalue weighted by Crippen LogP contribution is 2.34. The van der Waals surface area contributed by atoms with Gasteiger partial charge in [-0.25, -0.2) is 9.37 Å². The SMILES string of the molecule is C#CCN(C(=O)[C@@H]1CCCN1c1cc(C(F)(F)F)cc(C)n1)c1ccc(F)c(Cl)c1. The fourth-order valence-corrected chi connectivity index (χ4v) is 3.65. The Morgan fingerprint density at radius 2 is 2.10 bits per heavy atom. The van der Waals surface area contributed by atoms with Gasteiger partial charge in [0, 0.05) is 17.9 Å². The van der Waals surface area contributed by atoms with Crippen molar-refractivity contribution >= 4 is 29.0 Å². The zero-order valence-electron chi connectivity index (χ0n) is 16.0. The van der Waals surface area contributed by atoms with E-state index in [0.717, 1.165) is 18.2 Å². The topological polar surface area (TPSA) is 36.4 Å². The van der Waals surface area contributed by atoms with Crippen LogP contribution in [0.4, 0.5) is 29.1 Å². The number of hydrogen-bond acceptors (Lipinski definition) is 3. The van der Waals surface area contributed by atoms with E-state index in [-0.39, 0.29) is 23.1 Å². The maximum atomic E-state index is 13.5. The zero-order valence-corrected chi connectivity index (χ0v) is 16.8. The second-order valence-electron chi connectivity index (χ2n) is 6.93. The summed E-state index contributed by atoms with van der Waals surface area (Å²) in [5.74, 6) is 1.41. The van der Waals surface area contributed by atoms with Gasteiger partial charge in [0.2, 0.25) is 0 Å². The highest BCUT2D eigenvalue weighted by molar-refractivity contribution is 6.31. The molecule has 9 heteroatoms. The standard InChI is InChI=1S/C21H18ClF4N3O/c1-3-8-28(15-6-7-17(23)16(22)12-15)20(30)18-5-4-9-29(18)19-11-14(21(24,25)26)10-13(2)27-19/h1,6-7,10-12,18H,4-5,8-9H2,2H3/t18-/m0/s1. The quantitative estimate of drug-likeness (QED) is 0.505. The van der Waals surface area contributed by atoms with E-state index in [9.17, 15) is 22.4 Å². The summed E-state index contributed by atoms with van der Waals surface area (Å²) in [5.41, 5.74) is -0.318. The molecule has 0 bridgehead atoms. The molecular formula is C21H18ClF4N3O. The van der Waals surface area contributed by atoms with Crippen LogP contribution in [0, 0.1) is 25.1 Å². The molecule has 1 amide bonds. The molecule has 1 aliphatic heterocycles. The van der Waals surface area contributed by atoms with E-state index in [2.05, 4.69) is 10.9 Å². The highest BCUT2D eigenvalue weighted by atomic mass is 35.5. The van der Waals surface area contributed by atoms with Crippen LogP contribution in [-0.4, -0.2) is 30.0 Å². The summed E-state index contributed by atoms with van der Waals surface area (Å²) >= 11 is 5.83. The van der Waals surface area contributed by atoms with Crippen LogP contribution in [0.25, 0.3) is 0 Å². The molecule has 30 heavy (non-hydrogen) atoms. The molecule has 4 nitrogen and oxygen atoms in total. The van der Waals surface area contributed by atoms with E-state index in [1.54, 1.807) is 4.90 Å². The normalized spacial score (nSPS) is 16.4. The lowest BCUT2D eigenvalue weighted by atomic mass is 10.1. The number of aromatic nitrogens is 1. The lowest BCUT2D eigenvalue weighted by Gasteiger charge is -2.30. The van der Waals surface area contributed by atoms with Crippen LogP contribution in [0.5, 0.6) is 0 Å². The van der Waals surface area contributed by atoms with E-state index >= 15 is 0 Å². The lowest BCUT2D eigenvalue weighted by molar-refractivity contribution is -0.137. The largest absolute Gasteiger partial charge is 0.416 e. The van der Waals surface area contributed by atoms with Gasteiger partial charge in [-0.2, -0.15) is 13.2 Å². The van der Waals surface area contributed by atoms with Crippen LogP contribution in [0.2, 0.25) is 5.02 Å². The predicted octanol–water partition coefficient (Wildman–Crippen LogP) is 4.84. The van der Waals surface area contributed by atoms with Crippen LogP contribution >= 0.6 is 11.6 Å². The molecule has 0 radical (unpaired) electrons. The molecule has 2 aromatic rings. The van der Waals surface area contributed by atoms with Gasteiger partial charge in [0.05, 0.1) is 17.1 Å². The Morgan fingerprint density at radius 3 is 2.73 bits per heavy atom. The van der Waals surface area contributed by atoms with Gasteiger partial charge in [-0.1, -0.05) is 17.5 Å². The molecule has 1 aromatic heterocycles. The van der Waals surface area contributed by atoms with E-state index < -0.39 is 29.5 Å². The number of terminal acetylenes is 1. The number of anilines is 2. The third-order valence-corrected chi connectivity index (χ3v) is 5.12. The van der Waals surface area contributed by atoms with E-state index in [0.29, 0.717) is 25.1 Å². The van der Waals surface area contributed by atoms with Crippen LogP contribution in [0.3, 0.4) is 0 Å². The fourth-order valence-electron chi connectivity index (χ4n) is 3.48. The number of aryl methyl sites for hydroxylation is 1. The van der Waals surface area contributed by atoms with Gasteiger partial charge in [-0.3, -0.25) is 9.69 Å². The van der Waals surface area contributed by atoms with E-state index in [1.807, 2.05) is 0 Å². The van der Waals surface area contributed by atoms with Crippen LogP contribution < -0.4 is 9.80 Å². The second kappa shape index (κ2) is 8.52. The smallest absolute Gasteiger partial charge is 0.345 e. The molecule has 1 fully saturated rings. The van der Waals surface area contributed by atoms with E-state index in [1.165, 1.54) is 24.0 Å².